The van der Waals surface area contributed by atoms with Crippen molar-refractivity contribution in [3.05, 3.63) is 0 Å². The fourth-order valence-electron chi connectivity index (χ4n) is 1.56. The van der Waals surface area contributed by atoms with Crippen LogP contribution in [0.2, 0.25) is 0 Å². The van der Waals surface area contributed by atoms with E-state index in [0.717, 1.165) is 45.1 Å². The van der Waals surface area contributed by atoms with Gasteiger partial charge in [-0.15, -0.1) is 11.6 Å². The number of halogens is 1. The molecule has 0 atom stereocenters. The van der Waals surface area contributed by atoms with Crippen molar-refractivity contribution in [2.75, 3.05) is 52.9 Å². The van der Waals surface area contributed by atoms with Gasteiger partial charge < -0.3 is 9.47 Å². The fourth-order valence-corrected chi connectivity index (χ4v) is 1.75. The highest BCUT2D eigenvalue weighted by atomic mass is 35.5. The molecule has 0 aromatic heterocycles. The number of nitrogens with zero attached hydrogens (tertiary/aromatic N) is 1. The molecule has 0 unspecified atom stereocenters. The van der Waals surface area contributed by atoms with Crippen LogP contribution < -0.4 is 0 Å². The number of hydrogen-bond acceptors (Lipinski definition) is 3. The van der Waals surface area contributed by atoms with Crippen LogP contribution in [0.4, 0.5) is 0 Å². The molecule has 0 rings (SSSR count). The molecule has 0 aliphatic carbocycles. The maximum absolute atomic E-state index is 5.64. The van der Waals surface area contributed by atoms with Crippen molar-refractivity contribution in [2.24, 2.45) is 0 Å². The molecule has 0 heterocycles. The first-order valence-corrected chi connectivity index (χ1v) is 6.64. The lowest BCUT2D eigenvalue weighted by Gasteiger charge is -2.21. The average molecular weight is 252 g/mol. The predicted octanol–water partition coefficient (Wildman–Crippen LogP) is 2.38. The van der Waals surface area contributed by atoms with Gasteiger partial charge in [0.25, 0.3) is 0 Å². The topological polar surface area (TPSA) is 21.7 Å². The Bertz CT molecular complexity index is 128. The van der Waals surface area contributed by atoms with E-state index >= 15 is 0 Å². The quantitative estimate of drug-likeness (QED) is 0.393. The molecule has 0 spiro atoms. The van der Waals surface area contributed by atoms with Crippen LogP contribution in [0.3, 0.4) is 0 Å². The molecule has 98 valence electrons. The summed E-state index contributed by atoms with van der Waals surface area (Å²) in [5, 5.41) is 0. The molecule has 16 heavy (non-hydrogen) atoms. The molecule has 4 heteroatoms. The Morgan fingerprint density at radius 2 is 1.38 bits per heavy atom. The smallest absolute Gasteiger partial charge is 0.0589 e. The normalized spacial score (nSPS) is 11.2. The summed E-state index contributed by atoms with van der Waals surface area (Å²) < 4.78 is 10.2. The highest BCUT2D eigenvalue weighted by Crippen LogP contribution is 2.03. The van der Waals surface area contributed by atoms with Gasteiger partial charge >= 0.3 is 0 Å². The van der Waals surface area contributed by atoms with Crippen molar-refractivity contribution in [1.29, 1.82) is 0 Å². The van der Waals surface area contributed by atoms with Gasteiger partial charge in [0, 0.05) is 33.2 Å². The number of ether oxygens (including phenoxy) is 2. The monoisotopic (exact) mass is 251 g/mol. The minimum Gasteiger partial charge on any atom is -0.383 e. The molecule has 0 aliphatic heterocycles. The van der Waals surface area contributed by atoms with Crippen LogP contribution in [0.25, 0.3) is 0 Å². The first-order valence-electron chi connectivity index (χ1n) is 6.11. The minimum atomic E-state index is 0.789. The largest absolute Gasteiger partial charge is 0.383 e. The summed E-state index contributed by atoms with van der Waals surface area (Å²) in [4.78, 5) is 2.40. The van der Waals surface area contributed by atoms with Gasteiger partial charge in [0.1, 0.15) is 0 Å². The van der Waals surface area contributed by atoms with E-state index in [1.54, 1.807) is 14.2 Å². The number of alkyl halides is 1. The highest BCUT2D eigenvalue weighted by Gasteiger charge is 2.03. The van der Waals surface area contributed by atoms with Crippen molar-refractivity contribution in [2.45, 2.75) is 25.7 Å². The van der Waals surface area contributed by atoms with Crippen molar-refractivity contribution in [3.63, 3.8) is 0 Å². The highest BCUT2D eigenvalue weighted by molar-refractivity contribution is 6.17. The molecule has 0 aliphatic rings. The Labute approximate surface area is 105 Å². The first-order chi connectivity index (χ1) is 7.85. The third-order valence-electron chi connectivity index (χ3n) is 2.58. The molecular weight excluding hydrogens is 226 g/mol. The Hall–Kier alpha value is 0.170. The molecule has 0 aromatic carbocycles. The van der Waals surface area contributed by atoms with Gasteiger partial charge in [-0.1, -0.05) is 12.8 Å². The van der Waals surface area contributed by atoms with Crippen LogP contribution in [0.5, 0.6) is 0 Å². The Balaban J connectivity index is 3.48. The van der Waals surface area contributed by atoms with Crippen molar-refractivity contribution in [3.8, 4) is 0 Å². The number of methoxy groups -OCH3 is 2. The Kier molecular flexibility index (Phi) is 13.4. The van der Waals surface area contributed by atoms with E-state index in [-0.39, 0.29) is 0 Å². The van der Waals surface area contributed by atoms with Crippen LogP contribution >= 0.6 is 11.6 Å². The SMILES string of the molecule is COCCN(CCCCCCCl)CCOC. The minimum absolute atomic E-state index is 0.789. The second-order valence-corrected chi connectivity index (χ2v) is 4.31. The molecule has 0 amide bonds. The van der Waals surface area contributed by atoms with Gasteiger partial charge in [-0.25, -0.2) is 0 Å². The lowest BCUT2D eigenvalue weighted by Crippen LogP contribution is -2.31. The number of unbranched alkanes of at least 4 members (excludes halogenated alkanes) is 3. The second kappa shape index (κ2) is 13.2. The summed E-state index contributed by atoms with van der Waals surface area (Å²) in [5.74, 6) is 0.789. The molecular formula is C12H26ClNO2. The molecule has 0 saturated heterocycles. The summed E-state index contributed by atoms with van der Waals surface area (Å²) in [6.45, 7) is 4.72. The summed E-state index contributed by atoms with van der Waals surface area (Å²) in [6.07, 6.45) is 4.89. The maximum Gasteiger partial charge on any atom is 0.0589 e. The van der Waals surface area contributed by atoms with Crippen molar-refractivity contribution in [1.82, 2.24) is 4.90 Å². The van der Waals surface area contributed by atoms with Gasteiger partial charge in [-0.05, 0) is 19.4 Å². The summed E-state index contributed by atoms with van der Waals surface area (Å²) in [5.41, 5.74) is 0. The van der Waals surface area contributed by atoms with E-state index < -0.39 is 0 Å². The van der Waals surface area contributed by atoms with Gasteiger partial charge in [0.2, 0.25) is 0 Å². The molecule has 0 bridgehead atoms. The maximum atomic E-state index is 5.64. The van der Waals surface area contributed by atoms with Gasteiger partial charge in [0.15, 0.2) is 0 Å². The molecule has 0 N–H and O–H groups in total. The van der Waals surface area contributed by atoms with Crippen LogP contribution in [-0.2, 0) is 9.47 Å². The first kappa shape index (κ1) is 16.2. The van der Waals surface area contributed by atoms with E-state index in [1.165, 1.54) is 19.3 Å². The van der Waals surface area contributed by atoms with Crippen LogP contribution in [-0.4, -0.2) is 57.8 Å². The standard InChI is InChI=1S/C12H26ClNO2/c1-15-11-9-14(10-12-16-2)8-6-4-3-5-7-13/h3-12H2,1-2H3. The molecule has 0 fully saturated rings. The van der Waals surface area contributed by atoms with Gasteiger partial charge in [0.05, 0.1) is 13.2 Å². The Morgan fingerprint density at radius 1 is 0.812 bits per heavy atom. The zero-order chi connectivity index (χ0) is 12.1. The van der Waals surface area contributed by atoms with E-state index in [2.05, 4.69) is 4.90 Å². The molecule has 0 saturated carbocycles. The predicted molar refractivity (Wildman–Crippen MR) is 69.4 cm³/mol. The third kappa shape index (κ3) is 10.7. The van der Waals surface area contributed by atoms with Crippen molar-refractivity contribution < 1.29 is 9.47 Å². The second-order valence-electron chi connectivity index (χ2n) is 3.93. The van der Waals surface area contributed by atoms with E-state index in [0.29, 0.717) is 0 Å². The summed E-state index contributed by atoms with van der Waals surface area (Å²) in [7, 11) is 3.49. The van der Waals surface area contributed by atoms with E-state index in [9.17, 15) is 0 Å². The zero-order valence-corrected chi connectivity index (χ0v) is 11.5. The summed E-state index contributed by atoms with van der Waals surface area (Å²) in [6, 6.07) is 0. The van der Waals surface area contributed by atoms with Gasteiger partial charge in [-0.2, -0.15) is 0 Å². The van der Waals surface area contributed by atoms with Crippen LogP contribution in [0, 0.1) is 0 Å². The summed E-state index contributed by atoms with van der Waals surface area (Å²) >= 11 is 5.64. The average Bonchev–Trinajstić information content (AvgIpc) is 2.31. The fraction of sp³-hybridized carbons (Fsp3) is 1.00. The molecule has 3 nitrogen and oxygen atoms in total. The molecule has 0 aromatic rings. The third-order valence-corrected chi connectivity index (χ3v) is 2.85. The lowest BCUT2D eigenvalue weighted by atomic mass is 10.2. The van der Waals surface area contributed by atoms with Crippen LogP contribution in [0.15, 0.2) is 0 Å². The van der Waals surface area contributed by atoms with E-state index in [4.69, 9.17) is 21.1 Å². The Morgan fingerprint density at radius 3 is 1.88 bits per heavy atom. The lowest BCUT2D eigenvalue weighted by molar-refractivity contribution is 0.113. The number of hydrogen-bond donors (Lipinski definition) is 0. The zero-order valence-electron chi connectivity index (χ0n) is 10.7. The van der Waals surface area contributed by atoms with Crippen LogP contribution in [0.1, 0.15) is 25.7 Å². The van der Waals surface area contributed by atoms with Crippen molar-refractivity contribution >= 4 is 11.6 Å². The molecule has 0 radical (unpaired) electrons. The van der Waals surface area contributed by atoms with Gasteiger partial charge in [-0.3, -0.25) is 4.90 Å². The number of rotatable bonds is 12. The van der Waals surface area contributed by atoms with E-state index in [1.807, 2.05) is 0 Å².